The summed E-state index contributed by atoms with van der Waals surface area (Å²) in [5.74, 6) is -0.0934. The van der Waals surface area contributed by atoms with Gasteiger partial charge in [-0.05, 0) is 19.9 Å². The van der Waals surface area contributed by atoms with Crippen molar-refractivity contribution in [2.24, 2.45) is 0 Å². The fraction of sp³-hybridized carbons (Fsp3) is 0.400. The Morgan fingerprint density at radius 2 is 2.09 bits per heavy atom. The molecule has 1 amide bonds. The van der Waals surface area contributed by atoms with Gasteiger partial charge in [0.25, 0.3) is 0 Å². The van der Waals surface area contributed by atoms with Crippen molar-refractivity contribution >= 4 is 23.6 Å². The lowest BCUT2D eigenvalue weighted by Crippen LogP contribution is -2.25. The van der Waals surface area contributed by atoms with Crippen LogP contribution >= 0.6 is 11.6 Å². The lowest BCUT2D eigenvalue weighted by atomic mass is 10.3. The Hall–Kier alpha value is -2.08. The minimum absolute atomic E-state index is 0.0934. The molecule has 0 bridgehead atoms. The monoisotopic (exact) mass is 321 g/mol. The van der Waals surface area contributed by atoms with Crippen LogP contribution in [-0.2, 0) is 24.4 Å². The molecule has 2 rings (SSSR count). The van der Waals surface area contributed by atoms with Crippen LogP contribution in [0.2, 0.25) is 5.02 Å². The molecule has 22 heavy (non-hydrogen) atoms. The first-order valence-electron chi connectivity index (χ1n) is 7.21. The molecule has 6 nitrogen and oxygen atoms in total. The fourth-order valence-corrected chi connectivity index (χ4v) is 2.25. The van der Waals surface area contributed by atoms with E-state index in [0.717, 1.165) is 24.3 Å². The lowest BCUT2D eigenvalue weighted by molar-refractivity contribution is -0.125. The zero-order valence-corrected chi connectivity index (χ0v) is 13.8. The summed E-state index contributed by atoms with van der Waals surface area (Å²) in [7, 11) is 1.74. The Kier molecular flexibility index (Phi) is 5.38. The highest BCUT2D eigenvalue weighted by Gasteiger charge is 2.13. The first-order chi connectivity index (χ1) is 10.5. The minimum atomic E-state index is -0.0934. The largest absolute Gasteiger partial charge is 0.336 e. The van der Waals surface area contributed by atoms with Gasteiger partial charge in [0.1, 0.15) is 0 Å². The molecule has 2 heterocycles. The highest BCUT2D eigenvalue weighted by atomic mass is 35.5. The summed E-state index contributed by atoms with van der Waals surface area (Å²) in [5.41, 5.74) is 1.74. The molecular weight excluding hydrogens is 302 g/mol. The van der Waals surface area contributed by atoms with Gasteiger partial charge < -0.3 is 4.90 Å². The number of rotatable bonds is 6. The second kappa shape index (κ2) is 7.26. The number of carbonyl (C=O) groups is 1. The van der Waals surface area contributed by atoms with Crippen molar-refractivity contribution in [2.45, 2.75) is 33.5 Å². The fourth-order valence-electron chi connectivity index (χ4n) is 2.05. The van der Waals surface area contributed by atoms with Gasteiger partial charge in [-0.15, -0.1) is 0 Å². The van der Waals surface area contributed by atoms with Gasteiger partial charge in [0.2, 0.25) is 5.91 Å². The average Bonchev–Trinajstić information content (AvgIpc) is 3.12. The Morgan fingerprint density at radius 1 is 1.32 bits per heavy atom. The van der Waals surface area contributed by atoms with Crippen LogP contribution in [0, 0.1) is 0 Å². The molecule has 7 heteroatoms. The van der Waals surface area contributed by atoms with E-state index in [1.54, 1.807) is 35.1 Å². The number of hydrogen-bond donors (Lipinski definition) is 0. The van der Waals surface area contributed by atoms with E-state index in [9.17, 15) is 4.79 Å². The average molecular weight is 322 g/mol. The van der Waals surface area contributed by atoms with Crippen LogP contribution in [0.1, 0.15) is 25.1 Å². The maximum absolute atomic E-state index is 12.2. The highest BCUT2D eigenvalue weighted by Crippen LogP contribution is 2.17. The topological polar surface area (TPSA) is 56.0 Å². The number of carbonyl (C=O) groups excluding carboxylic acids is 1. The molecule has 0 saturated heterocycles. The Bertz CT molecular complexity index is 673. The van der Waals surface area contributed by atoms with Gasteiger partial charge in [-0.3, -0.25) is 14.2 Å². The van der Waals surface area contributed by atoms with E-state index in [0.29, 0.717) is 11.6 Å². The molecule has 2 aromatic heterocycles. The highest BCUT2D eigenvalue weighted by molar-refractivity contribution is 6.31. The van der Waals surface area contributed by atoms with Gasteiger partial charge in [-0.1, -0.05) is 11.6 Å². The first kappa shape index (κ1) is 16.3. The van der Waals surface area contributed by atoms with E-state index in [4.69, 9.17) is 11.6 Å². The van der Waals surface area contributed by atoms with Crippen LogP contribution < -0.4 is 0 Å². The van der Waals surface area contributed by atoms with Crippen molar-refractivity contribution in [3.05, 3.63) is 40.9 Å². The van der Waals surface area contributed by atoms with E-state index in [1.807, 2.05) is 24.7 Å². The first-order valence-corrected chi connectivity index (χ1v) is 7.58. The zero-order chi connectivity index (χ0) is 16.1. The molecule has 0 unspecified atom stereocenters. The second-order valence-electron chi connectivity index (χ2n) is 4.91. The third kappa shape index (κ3) is 3.76. The van der Waals surface area contributed by atoms with Crippen LogP contribution in [-0.4, -0.2) is 37.4 Å². The molecule has 0 atom stereocenters. The molecule has 0 fully saturated rings. The van der Waals surface area contributed by atoms with Gasteiger partial charge in [-0.2, -0.15) is 10.2 Å². The Morgan fingerprint density at radius 3 is 2.73 bits per heavy atom. The van der Waals surface area contributed by atoms with E-state index in [1.165, 1.54) is 6.08 Å². The van der Waals surface area contributed by atoms with Crippen LogP contribution in [0.3, 0.4) is 0 Å². The van der Waals surface area contributed by atoms with Gasteiger partial charge in [0, 0.05) is 38.0 Å². The summed E-state index contributed by atoms with van der Waals surface area (Å²) in [6, 6.07) is 0. The Balaban J connectivity index is 2.01. The number of hydrogen-bond acceptors (Lipinski definition) is 3. The molecule has 2 aromatic rings. The summed E-state index contributed by atoms with van der Waals surface area (Å²) in [4.78, 5) is 13.8. The molecule has 0 aliphatic heterocycles. The molecule has 0 radical (unpaired) electrons. The molecule has 0 spiro atoms. The molecule has 0 aromatic carbocycles. The summed E-state index contributed by atoms with van der Waals surface area (Å²) >= 11 is 6.11. The third-order valence-corrected chi connectivity index (χ3v) is 3.67. The number of likely N-dealkylation sites (N-methyl/N-ethyl adjacent to an activating group) is 1. The van der Waals surface area contributed by atoms with Gasteiger partial charge in [0.05, 0.1) is 29.7 Å². The van der Waals surface area contributed by atoms with Crippen LogP contribution in [0.4, 0.5) is 0 Å². The van der Waals surface area contributed by atoms with Crippen LogP contribution in [0.5, 0.6) is 0 Å². The van der Waals surface area contributed by atoms with Gasteiger partial charge >= 0.3 is 0 Å². The summed E-state index contributed by atoms with van der Waals surface area (Å²) in [6.45, 7) is 5.95. The quantitative estimate of drug-likeness (QED) is 0.768. The second-order valence-corrected chi connectivity index (χ2v) is 5.32. The molecule has 118 valence electrons. The van der Waals surface area contributed by atoms with E-state index >= 15 is 0 Å². The van der Waals surface area contributed by atoms with Crippen molar-refractivity contribution in [1.29, 1.82) is 0 Å². The molecule has 0 aliphatic rings. The summed E-state index contributed by atoms with van der Waals surface area (Å²) in [6.07, 6.45) is 8.53. The molecular formula is C15H20ClN5O. The van der Waals surface area contributed by atoms with Crippen molar-refractivity contribution in [3.8, 4) is 0 Å². The predicted octanol–water partition coefficient (Wildman–Crippen LogP) is 2.44. The van der Waals surface area contributed by atoms with Crippen molar-refractivity contribution < 1.29 is 4.79 Å². The Labute approximate surface area is 135 Å². The van der Waals surface area contributed by atoms with E-state index in [-0.39, 0.29) is 5.91 Å². The van der Waals surface area contributed by atoms with Gasteiger partial charge in [-0.25, -0.2) is 0 Å². The number of nitrogens with zero attached hydrogens (tertiary/aromatic N) is 5. The smallest absolute Gasteiger partial charge is 0.246 e. The van der Waals surface area contributed by atoms with E-state index in [2.05, 4.69) is 10.2 Å². The van der Waals surface area contributed by atoms with Crippen LogP contribution in [0.25, 0.3) is 6.08 Å². The van der Waals surface area contributed by atoms with Gasteiger partial charge in [0.15, 0.2) is 0 Å². The maximum Gasteiger partial charge on any atom is 0.246 e. The summed E-state index contributed by atoms with van der Waals surface area (Å²) in [5, 5.41) is 8.91. The SMILES string of the molecule is CCn1cc(/C=C/C(=O)N(C)Cc2c(Cl)cnn2CC)cn1. The standard InChI is InChI=1S/C15H20ClN5O/c1-4-20-10-12(8-17-20)6-7-15(22)19(3)11-14-13(16)9-18-21(14)5-2/h6-10H,4-5,11H2,1-3H3/b7-6+. The lowest BCUT2D eigenvalue weighted by Gasteiger charge is -2.16. The van der Waals surface area contributed by atoms with Crippen LogP contribution in [0.15, 0.2) is 24.7 Å². The van der Waals surface area contributed by atoms with E-state index < -0.39 is 0 Å². The molecule has 0 aliphatic carbocycles. The number of aryl methyl sites for hydroxylation is 2. The number of halogens is 1. The normalized spacial score (nSPS) is 11.3. The van der Waals surface area contributed by atoms with Crippen molar-refractivity contribution in [3.63, 3.8) is 0 Å². The maximum atomic E-state index is 12.2. The zero-order valence-electron chi connectivity index (χ0n) is 13.0. The third-order valence-electron chi connectivity index (χ3n) is 3.36. The molecule has 0 saturated carbocycles. The van der Waals surface area contributed by atoms with Crippen molar-refractivity contribution in [2.75, 3.05) is 7.05 Å². The number of aromatic nitrogens is 4. The predicted molar refractivity (Wildman–Crippen MR) is 86.3 cm³/mol. The molecule has 0 N–H and O–H groups in total. The minimum Gasteiger partial charge on any atom is -0.336 e. The van der Waals surface area contributed by atoms with Crippen molar-refractivity contribution in [1.82, 2.24) is 24.5 Å². The number of amides is 1. The summed E-state index contributed by atoms with van der Waals surface area (Å²) < 4.78 is 3.61.